The normalized spacial score (nSPS) is 12.7. The molecule has 0 radical (unpaired) electrons. The summed E-state index contributed by atoms with van der Waals surface area (Å²) in [6, 6.07) is 15.9. The van der Waals surface area contributed by atoms with Gasteiger partial charge in [0.05, 0.1) is 0 Å². The van der Waals surface area contributed by atoms with E-state index in [-0.39, 0.29) is 5.92 Å². The SMILES string of the molecule is CSCC[C@H](NC(=O)c1ccc(CC(C)Cc2cc(F)cc(F)c2)cc1-c1ccccc1C)C(=O)O. The first-order chi connectivity index (χ1) is 17.2. The number of halogens is 2. The lowest BCUT2D eigenvalue weighted by molar-refractivity contribution is -0.139. The molecule has 4 nitrogen and oxygen atoms in total. The van der Waals surface area contributed by atoms with Crippen LogP contribution in [0.4, 0.5) is 8.78 Å². The number of aliphatic carboxylic acids is 1. The molecule has 0 saturated carbocycles. The van der Waals surface area contributed by atoms with Gasteiger partial charge in [0, 0.05) is 11.6 Å². The fraction of sp³-hybridized carbons (Fsp3) is 0.310. The summed E-state index contributed by atoms with van der Waals surface area (Å²) in [4.78, 5) is 24.9. The van der Waals surface area contributed by atoms with Crippen LogP contribution in [0.5, 0.6) is 0 Å². The Morgan fingerprint density at radius 2 is 1.61 bits per heavy atom. The second kappa shape index (κ2) is 12.7. The van der Waals surface area contributed by atoms with Crippen LogP contribution in [0.15, 0.2) is 60.7 Å². The third-order valence-corrected chi connectivity index (χ3v) is 6.71. The topological polar surface area (TPSA) is 66.4 Å². The maximum absolute atomic E-state index is 13.6. The second-order valence-electron chi connectivity index (χ2n) is 9.13. The van der Waals surface area contributed by atoms with Crippen LogP contribution in [-0.4, -0.2) is 35.0 Å². The van der Waals surface area contributed by atoms with Gasteiger partial charge in [0.25, 0.3) is 5.91 Å². The maximum Gasteiger partial charge on any atom is 0.326 e. The van der Waals surface area contributed by atoms with E-state index >= 15 is 0 Å². The highest BCUT2D eigenvalue weighted by Crippen LogP contribution is 2.29. The molecule has 3 aromatic rings. The molecule has 3 aromatic carbocycles. The summed E-state index contributed by atoms with van der Waals surface area (Å²) in [6.07, 6.45) is 3.37. The summed E-state index contributed by atoms with van der Waals surface area (Å²) >= 11 is 1.53. The van der Waals surface area contributed by atoms with E-state index in [9.17, 15) is 23.5 Å². The van der Waals surface area contributed by atoms with Crippen LogP contribution in [0, 0.1) is 24.5 Å². The first-order valence-electron chi connectivity index (χ1n) is 11.8. The lowest BCUT2D eigenvalue weighted by atomic mass is 9.89. The number of nitrogens with one attached hydrogen (secondary N) is 1. The fourth-order valence-electron chi connectivity index (χ4n) is 4.35. The molecule has 0 aliphatic heterocycles. The van der Waals surface area contributed by atoms with Gasteiger partial charge in [-0.1, -0.05) is 43.3 Å². The van der Waals surface area contributed by atoms with Gasteiger partial charge in [-0.2, -0.15) is 11.8 Å². The average Bonchev–Trinajstić information content (AvgIpc) is 2.81. The number of hydrogen-bond acceptors (Lipinski definition) is 3. The average molecular weight is 512 g/mol. The number of amides is 1. The number of carboxylic acid groups (broad SMARTS) is 1. The van der Waals surface area contributed by atoms with E-state index in [0.29, 0.717) is 36.1 Å². The molecule has 190 valence electrons. The van der Waals surface area contributed by atoms with E-state index in [1.165, 1.54) is 23.9 Å². The van der Waals surface area contributed by atoms with E-state index in [4.69, 9.17) is 0 Å². The van der Waals surface area contributed by atoms with Crippen LogP contribution in [-0.2, 0) is 17.6 Å². The van der Waals surface area contributed by atoms with Crippen molar-refractivity contribution in [2.24, 2.45) is 5.92 Å². The molecule has 0 saturated heterocycles. The van der Waals surface area contributed by atoms with Crippen molar-refractivity contribution in [2.75, 3.05) is 12.0 Å². The zero-order chi connectivity index (χ0) is 26.2. The van der Waals surface area contributed by atoms with Gasteiger partial charge in [-0.15, -0.1) is 0 Å². The minimum atomic E-state index is -1.06. The standard InChI is InChI=1S/C29H31F2NO3S/c1-18(13-21-14-22(30)17-23(31)15-21)12-20-8-9-25(26(16-20)24-7-5-4-6-19(24)2)28(33)32-27(29(34)35)10-11-36-3/h4-9,14-18,27H,10-13H2,1-3H3,(H,32,33)(H,34,35)/t18?,27-/m0/s1. The van der Waals surface area contributed by atoms with Crippen LogP contribution in [0.2, 0.25) is 0 Å². The molecule has 0 aliphatic carbocycles. The highest BCUT2D eigenvalue weighted by atomic mass is 32.2. The Balaban J connectivity index is 1.89. The molecule has 0 heterocycles. The molecule has 36 heavy (non-hydrogen) atoms. The van der Waals surface area contributed by atoms with Crippen molar-refractivity contribution in [3.05, 3.63) is 94.6 Å². The lowest BCUT2D eigenvalue weighted by Crippen LogP contribution is -2.41. The van der Waals surface area contributed by atoms with Gasteiger partial charge in [0.2, 0.25) is 0 Å². The smallest absolute Gasteiger partial charge is 0.326 e. The molecule has 0 aliphatic rings. The predicted octanol–water partition coefficient (Wildman–Crippen LogP) is 6.30. The number of benzene rings is 3. The zero-order valence-corrected chi connectivity index (χ0v) is 21.5. The van der Waals surface area contributed by atoms with Crippen molar-refractivity contribution in [3.8, 4) is 11.1 Å². The summed E-state index contributed by atoms with van der Waals surface area (Å²) < 4.78 is 27.2. The summed E-state index contributed by atoms with van der Waals surface area (Å²) in [5.74, 6) is -1.96. The number of aryl methyl sites for hydroxylation is 1. The molecular weight excluding hydrogens is 480 g/mol. The van der Waals surface area contributed by atoms with E-state index in [2.05, 4.69) is 5.32 Å². The van der Waals surface area contributed by atoms with Crippen molar-refractivity contribution >= 4 is 23.6 Å². The van der Waals surface area contributed by atoms with E-state index in [0.717, 1.165) is 28.3 Å². The van der Waals surface area contributed by atoms with Crippen molar-refractivity contribution in [2.45, 2.75) is 39.2 Å². The Kier molecular flexibility index (Phi) is 9.65. The van der Waals surface area contributed by atoms with Crippen LogP contribution in [0.3, 0.4) is 0 Å². The molecule has 0 aromatic heterocycles. The number of hydrogen-bond donors (Lipinski definition) is 2. The molecule has 2 N–H and O–H groups in total. The molecule has 3 rings (SSSR count). The fourth-order valence-corrected chi connectivity index (χ4v) is 4.82. The highest BCUT2D eigenvalue weighted by molar-refractivity contribution is 7.98. The predicted molar refractivity (Wildman–Crippen MR) is 141 cm³/mol. The number of carboxylic acids is 1. The second-order valence-corrected chi connectivity index (χ2v) is 10.1. The Hall–Kier alpha value is -3.19. The molecule has 2 atom stereocenters. The third kappa shape index (κ3) is 7.40. The van der Waals surface area contributed by atoms with Crippen molar-refractivity contribution in [3.63, 3.8) is 0 Å². The molecule has 0 fully saturated rings. The number of carbonyl (C=O) groups is 2. The Morgan fingerprint density at radius 1 is 0.944 bits per heavy atom. The number of thioether (sulfide) groups is 1. The van der Waals surface area contributed by atoms with Gasteiger partial charge < -0.3 is 10.4 Å². The first kappa shape index (κ1) is 27.4. The molecule has 1 unspecified atom stereocenters. The quantitative estimate of drug-likeness (QED) is 0.317. The summed E-state index contributed by atoms with van der Waals surface area (Å²) in [5.41, 5.74) is 4.58. The highest BCUT2D eigenvalue weighted by Gasteiger charge is 2.23. The van der Waals surface area contributed by atoms with Crippen LogP contribution in [0.1, 0.15) is 40.4 Å². The summed E-state index contributed by atoms with van der Waals surface area (Å²) in [5, 5.41) is 12.2. The minimum absolute atomic E-state index is 0.0959. The van der Waals surface area contributed by atoms with Gasteiger partial charge in [-0.3, -0.25) is 4.79 Å². The number of carbonyl (C=O) groups excluding carboxylic acids is 1. The van der Waals surface area contributed by atoms with Crippen LogP contribution < -0.4 is 5.32 Å². The largest absolute Gasteiger partial charge is 0.480 e. The zero-order valence-electron chi connectivity index (χ0n) is 20.7. The molecule has 1 amide bonds. The Labute approximate surface area is 215 Å². The number of rotatable bonds is 11. The van der Waals surface area contributed by atoms with E-state index in [1.54, 1.807) is 6.07 Å². The monoisotopic (exact) mass is 511 g/mol. The maximum atomic E-state index is 13.6. The van der Waals surface area contributed by atoms with Gasteiger partial charge >= 0.3 is 5.97 Å². The Bertz CT molecular complexity index is 1210. The van der Waals surface area contributed by atoms with E-state index in [1.807, 2.05) is 56.5 Å². The van der Waals surface area contributed by atoms with Gasteiger partial charge in [0.1, 0.15) is 17.7 Å². The van der Waals surface area contributed by atoms with Gasteiger partial charge in [-0.05, 0) is 90.1 Å². The first-order valence-corrected chi connectivity index (χ1v) is 13.2. The molecular formula is C29H31F2NO3S. The van der Waals surface area contributed by atoms with Crippen molar-refractivity contribution < 1.29 is 23.5 Å². The van der Waals surface area contributed by atoms with Gasteiger partial charge in [-0.25, -0.2) is 13.6 Å². The molecule has 0 spiro atoms. The lowest BCUT2D eigenvalue weighted by Gasteiger charge is -2.18. The summed E-state index contributed by atoms with van der Waals surface area (Å²) in [6.45, 7) is 3.98. The van der Waals surface area contributed by atoms with Crippen molar-refractivity contribution in [1.82, 2.24) is 5.32 Å². The molecule has 7 heteroatoms. The minimum Gasteiger partial charge on any atom is -0.480 e. The summed E-state index contributed by atoms with van der Waals surface area (Å²) in [7, 11) is 0. The van der Waals surface area contributed by atoms with Crippen molar-refractivity contribution in [1.29, 1.82) is 0 Å². The van der Waals surface area contributed by atoms with Crippen LogP contribution >= 0.6 is 11.8 Å². The molecule has 0 bridgehead atoms. The third-order valence-electron chi connectivity index (χ3n) is 6.07. The van der Waals surface area contributed by atoms with Gasteiger partial charge in [0.15, 0.2) is 0 Å². The van der Waals surface area contributed by atoms with Crippen LogP contribution in [0.25, 0.3) is 11.1 Å². The van der Waals surface area contributed by atoms with E-state index < -0.39 is 29.6 Å². The Morgan fingerprint density at radius 3 is 2.25 bits per heavy atom.